The van der Waals surface area contributed by atoms with E-state index >= 15 is 0 Å². The van der Waals surface area contributed by atoms with Gasteiger partial charge in [0.2, 0.25) is 5.91 Å². The predicted molar refractivity (Wildman–Crippen MR) is 76.6 cm³/mol. The first kappa shape index (κ1) is 15.7. The van der Waals surface area contributed by atoms with Gasteiger partial charge in [0.25, 0.3) is 0 Å². The van der Waals surface area contributed by atoms with E-state index in [0.29, 0.717) is 25.4 Å². The molecule has 0 aromatic carbocycles. The number of imidazole rings is 1. The molecule has 1 aromatic heterocycles. The van der Waals surface area contributed by atoms with Crippen molar-refractivity contribution in [3.05, 3.63) is 18.2 Å². The molecule has 3 N–H and O–H groups in total. The van der Waals surface area contributed by atoms with Crippen molar-refractivity contribution in [3.8, 4) is 0 Å². The van der Waals surface area contributed by atoms with Crippen LogP contribution in [0.2, 0.25) is 0 Å². The number of nitrogens with zero attached hydrogens (tertiary/aromatic N) is 2. The number of amides is 1. The summed E-state index contributed by atoms with van der Waals surface area (Å²) in [6.45, 7) is 3.51. The molecule has 0 spiro atoms. The van der Waals surface area contributed by atoms with Crippen LogP contribution in [0.25, 0.3) is 0 Å². The normalized spacial score (nSPS) is 12.4. The van der Waals surface area contributed by atoms with Crippen molar-refractivity contribution >= 4 is 5.91 Å². The molecule has 1 unspecified atom stereocenters. The highest BCUT2D eigenvalue weighted by molar-refractivity contribution is 5.75. The first-order chi connectivity index (χ1) is 9.17. The van der Waals surface area contributed by atoms with E-state index in [1.807, 2.05) is 17.8 Å². The molecule has 0 bridgehead atoms. The average molecular weight is 266 g/mol. The highest BCUT2D eigenvalue weighted by Crippen LogP contribution is 2.14. The van der Waals surface area contributed by atoms with Gasteiger partial charge in [-0.1, -0.05) is 13.3 Å². The standard InChI is InChI=1S/C14H26N4O/c1-3-12(6-8-15)4-5-14(19)17-9-7-13-16-10-11-18(13)2/h10-12H,3-9,15H2,1-2H3,(H,17,19). The minimum absolute atomic E-state index is 0.129. The lowest BCUT2D eigenvalue weighted by Gasteiger charge is -2.13. The van der Waals surface area contributed by atoms with E-state index < -0.39 is 0 Å². The van der Waals surface area contributed by atoms with Crippen molar-refractivity contribution in [2.24, 2.45) is 18.7 Å². The summed E-state index contributed by atoms with van der Waals surface area (Å²) < 4.78 is 1.97. The molecule has 0 saturated heterocycles. The first-order valence-corrected chi connectivity index (χ1v) is 7.10. The number of hydrogen-bond acceptors (Lipinski definition) is 3. The third-order valence-electron chi connectivity index (χ3n) is 3.52. The Morgan fingerprint density at radius 1 is 1.53 bits per heavy atom. The molecular formula is C14H26N4O. The highest BCUT2D eigenvalue weighted by Gasteiger charge is 2.09. The van der Waals surface area contributed by atoms with Gasteiger partial charge in [-0.25, -0.2) is 4.98 Å². The van der Waals surface area contributed by atoms with E-state index in [-0.39, 0.29) is 5.91 Å². The summed E-state index contributed by atoms with van der Waals surface area (Å²) in [4.78, 5) is 15.9. The van der Waals surface area contributed by atoms with E-state index in [2.05, 4.69) is 17.2 Å². The number of carbonyl (C=O) groups is 1. The van der Waals surface area contributed by atoms with Gasteiger partial charge in [-0.3, -0.25) is 4.79 Å². The van der Waals surface area contributed by atoms with Crippen molar-refractivity contribution in [2.75, 3.05) is 13.1 Å². The number of hydrogen-bond donors (Lipinski definition) is 2. The van der Waals surface area contributed by atoms with Crippen molar-refractivity contribution < 1.29 is 4.79 Å². The largest absolute Gasteiger partial charge is 0.356 e. The number of nitrogens with two attached hydrogens (primary N) is 1. The van der Waals surface area contributed by atoms with Crippen LogP contribution in [0.1, 0.15) is 38.4 Å². The number of nitrogens with one attached hydrogen (secondary N) is 1. The monoisotopic (exact) mass is 266 g/mol. The van der Waals surface area contributed by atoms with Crippen molar-refractivity contribution in [2.45, 2.75) is 39.0 Å². The molecule has 1 aromatic rings. The van der Waals surface area contributed by atoms with Gasteiger partial charge in [-0.05, 0) is 25.3 Å². The van der Waals surface area contributed by atoms with Gasteiger partial charge in [0.1, 0.15) is 5.82 Å². The fourth-order valence-electron chi connectivity index (χ4n) is 2.16. The van der Waals surface area contributed by atoms with Crippen LogP contribution in [0.4, 0.5) is 0 Å². The third-order valence-corrected chi connectivity index (χ3v) is 3.52. The third kappa shape index (κ3) is 5.87. The Bertz CT molecular complexity index is 375. The first-order valence-electron chi connectivity index (χ1n) is 7.10. The Kier molecular flexibility index (Phi) is 7.18. The Morgan fingerprint density at radius 2 is 2.32 bits per heavy atom. The zero-order chi connectivity index (χ0) is 14.1. The van der Waals surface area contributed by atoms with E-state index in [0.717, 1.165) is 31.5 Å². The summed E-state index contributed by atoms with van der Waals surface area (Å²) in [6, 6.07) is 0. The minimum Gasteiger partial charge on any atom is -0.356 e. The maximum atomic E-state index is 11.7. The van der Waals surface area contributed by atoms with Crippen LogP contribution in [0.3, 0.4) is 0 Å². The van der Waals surface area contributed by atoms with Crippen LogP contribution in [0.15, 0.2) is 12.4 Å². The minimum atomic E-state index is 0.129. The molecule has 0 fully saturated rings. The molecule has 1 rings (SSSR count). The second-order valence-electron chi connectivity index (χ2n) is 4.94. The van der Waals surface area contributed by atoms with Crippen molar-refractivity contribution in [3.63, 3.8) is 0 Å². The van der Waals surface area contributed by atoms with E-state index in [1.165, 1.54) is 0 Å². The quantitative estimate of drug-likeness (QED) is 0.706. The molecule has 5 heteroatoms. The molecular weight excluding hydrogens is 240 g/mol. The Morgan fingerprint density at radius 3 is 2.89 bits per heavy atom. The molecule has 0 saturated carbocycles. The topological polar surface area (TPSA) is 72.9 Å². The molecule has 0 aliphatic heterocycles. The smallest absolute Gasteiger partial charge is 0.220 e. The summed E-state index contributed by atoms with van der Waals surface area (Å²) in [5.74, 6) is 1.70. The van der Waals surface area contributed by atoms with Crippen LogP contribution in [-0.4, -0.2) is 28.5 Å². The summed E-state index contributed by atoms with van der Waals surface area (Å²) >= 11 is 0. The molecule has 1 amide bonds. The van der Waals surface area contributed by atoms with Crippen LogP contribution in [0.5, 0.6) is 0 Å². The number of rotatable bonds is 9. The lowest BCUT2D eigenvalue weighted by atomic mass is 9.96. The maximum Gasteiger partial charge on any atom is 0.220 e. The summed E-state index contributed by atoms with van der Waals surface area (Å²) in [6.07, 6.45) is 8.09. The van der Waals surface area contributed by atoms with E-state index in [4.69, 9.17) is 5.73 Å². The van der Waals surface area contributed by atoms with Crippen molar-refractivity contribution in [1.29, 1.82) is 0 Å². The van der Waals surface area contributed by atoms with Crippen LogP contribution >= 0.6 is 0 Å². The summed E-state index contributed by atoms with van der Waals surface area (Å²) in [7, 11) is 1.96. The van der Waals surface area contributed by atoms with Crippen LogP contribution < -0.4 is 11.1 Å². The Labute approximate surface area is 115 Å². The molecule has 0 aliphatic rings. The fraction of sp³-hybridized carbons (Fsp3) is 0.714. The van der Waals surface area contributed by atoms with Gasteiger partial charge in [0, 0.05) is 38.8 Å². The van der Waals surface area contributed by atoms with Gasteiger partial charge in [0.05, 0.1) is 0 Å². The Hall–Kier alpha value is -1.36. The molecule has 0 radical (unpaired) electrons. The van der Waals surface area contributed by atoms with Gasteiger partial charge in [-0.2, -0.15) is 0 Å². The summed E-state index contributed by atoms with van der Waals surface area (Å²) in [5, 5.41) is 2.95. The fourth-order valence-corrected chi connectivity index (χ4v) is 2.16. The number of carbonyl (C=O) groups excluding carboxylic acids is 1. The zero-order valence-corrected chi connectivity index (χ0v) is 12.1. The Balaban J connectivity index is 2.16. The lowest BCUT2D eigenvalue weighted by Crippen LogP contribution is -2.26. The molecule has 1 heterocycles. The second-order valence-corrected chi connectivity index (χ2v) is 4.94. The molecule has 19 heavy (non-hydrogen) atoms. The molecule has 1 atom stereocenters. The van der Waals surface area contributed by atoms with Gasteiger partial charge in [-0.15, -0.1) is 0 Å². The van der Waals surface area contributed by atoms with Crippen LogP contribution in [0, 0.1) is 5.92 Å². The van der Waals surface area contributed by atoms with E-state index in [1.54, 1.807) is 6.20 Å². The summed E-state index contributed by atoms with van der Waals surface area (Å²) in [5.41, 5.74) is 5.55. The van der Waals surface area contributed by atoms with Gasteiger partial charge < -0.3 is 15.6 Å². The van der Waals surface area contributed by atoms with Crippen LogP contribution in [-0.2, 0) is 18.3 Å². The molecule has 0 aliphatic carbocycles. The van der Waals surface area contributed by atoms with Gasteiger partial charge >= 0.3 is 0 Å². The maximum absolute atomic E-state index is 11.7. The number of aromatic nitrogens is 2. The average Bonchev–Trinajstić information content (AvgIpc) is 2.80. The van der Waals surface area contributed by atoms with Crippen molar-refractivity contribution in [1.82, 2.24) is 14.9 Å². The molecule has 108 valence electrons. The second kappa shape index (κ2) is 8.69. The molecule has 5 nitrogen and oxygen atoms in total. The van der Waals surface area contributed by atoms with Gasteiger partial charge in [0.15, 0.2) is 0 Å². The number of aryl methyl sites for hydroxylation is 1. The SMILES string of the molecule is CCC(CCN)CCC(=O)NCCc1nccn1C. The van der Waals surface area contributed by atoms with E-state index in [9.17, 15) is 4.79 Å². The lowest BCUT2D eigenvalue weighted by molar-refractivity contribution is -0.121. The highest BCUT2D eigenvalue weighted by atomic mass is 16.1. The zero-order valence-electron chi connectivity index (χ0n) is 12.1. The predicted octanol–water partition coefficient (Wildman–Crippen LogP) is 1.23.